The molecule has 0 aromatic rings. The number of carbonyl (C=O) groups excluding carboxylic acids is 2. The van der Waals surface area contributed by atoms with E-state index in [4.69, 9.17) is 5.73 Å². The van der Waals surface area contributed by atoms with E-state index in [1.165, 1.54) is 4.90 Å². The summed E-state index contributed by atoms with van der Waals surface area (Å²) < 4.78 is 0. The Labute approximate surface area is 112 Å². The Morgan fingerprint density at radius 3 is 2.21 bits per heavy atom. The van der Waals surface area contributed by atoms with E-state index in [9.17, 15) is 19.5 Å². The minimum absolute atomic E-state index is 0.0382. The van der Waals surface area contributed by atoms with Gasteiger partial charge in [-0.3, -0.25) is 14.4 Å². The Balaban J connectivity index is 2.75. The standard InChI is InChI=1S/C13H22N2O4/c1-2-15(9-10(14)16)11(17)8-13(12(18)19)6-4-3-5-7-13/h2-9H2,1H3,(H2,14,16)(H,18,19). The highest BCUT2D eigenvalue weighted by molar-refractivity contribution is 5.88. The van der Waals surface area contributed by atoms with E-state index >= 15 is 0 Å². The number of aliphatic carboxylic acids is 1. The molecule has 1 aliphatic rings. The molecule has 3 N–H and O–H groups in total. The van der Waals surface area contributed by atoms with Crippen LogP contribution in [-0.4, -0.2) is 40.9 Å². The Morgan fingerprint density at radius 1 is 1.21 bits per heavy atom. The number of hydrogen-bond donors (Lipinski definition) is 2. The third-order valence-corrected chi connectivity index (χ3v) is 3.84. The molecule has 1 fully saturated rings. The summed E-state index contributed by atoms with van der Waals surface area (Å²) in [6.07, 6.45) is 3.71. The van der Waals surface area contributed by atoms with Crippen molar-refractivity contribution >= 4 is 17.8 Å². The van der Waals surface area contributed by atoms with Gasteiger partial charge in [0.25, 0.3) is 0 Å². The second kappa shape index (κ2) is 6.54. The van der Waals surface area contributed by atoms with Gasteiger partial charge in [-0.2, -0.15) is 0 Å². The first kappa shape index (κ1) is 15.5. The Morgan fingerprint density at radius 2 is 1.79 bits per heavy atom. The van der Waals surface area contributed by atoms with Crippen molar-refractivity contribution < 1.29 is 19.5 Å². The molecule has 0 saturated heterocycles. The van der Waals surface area contributed by atoms with Crippen LogP contribution in [0.5, 0.6) is 0 Å². The molecular weight excluding hydrogens is 248 g/mol. The van der Waals surface area contributed by atoms with Crippen molar-refractivity contribution in [2.75, 3.05) is 13.1 Å². The van der Waals surface area contributed by atoms with Crippen molar-refractivity contribution in [3.05, 3.63) is 0 Å². The van der Waals surface area contributed by atoms with Gasteiger partial charge in [-0.1, -0.05) is 19.3 Å². The molecule has 0 aromatic carbocycles. The zero-order valence-corrected chi connectivity index (χ0v) is 11.4. The summed E-state index contributed by atoms with van der Waals surface area (Å²) in [6.45, 7) is 1.96. The predicted octanol–water partition coefficient (Wildman–Crippen LogP) is 0.745. The Kier molecular flexibility index (Phi) is 5.32. The van der Waals surface area contributed by atoms with Crippen molar-refractivity contribution in [1.29, 1.82) is 0 Å². The summed E-state index contributed by atoms with van der Waals surface area (Å²) >= 11 is 0. The van der Waals surface area contributed by atoms with Gasteiger partial charge >= 0.3 is 5.97 Å². The molecule has 2 amide bonds. The molecule has 1 aliphatic carbocycles. The van der Waals surface area contributed by atoms with Crippen molar-refractivity contribution in [2.24, 2.45) is 11.1 Å². The van der Waals surface area contributed by atoms with E-state index in [1.807, 2.05) is 0 Å². The van der Waals surface area contributed by atoms with Crippen molar-refractivity contribution in [2.45, 2.75) is 45.4 Å². The molecule has 19 heavy (non-hydrogen) atoms. The second-order valence-electron chi connectivity index (χ2n) is 5.20. The minimum atomic E-state index is -0.958. The van der Waals surface area contributed by atoms with Crippen LogP contribution in [0.3, 0.4) is 0 Å². The predicted molar refractivity (Wildman–Crippen MR) is 69.2 cm³/mol. The van der Waals surface area contributed by atoms with Gasteiger partial charge in [-0.25, -0.2) is 0 Å². The van der Waals surface area contributed by atoms with E-state index in [0.29, 0.717) is 19.4 Å². The molecule has 1 saturated carbocycles. The van der Waals surface area contributed by atoms with Crippen LogP contribution < -0.4 is 5.73 Å². The largest absolute Gasteiger partial charge is 0.481 e. The topological polar surface area (TPSA) is 101 Å². The summed E-state index contributed by atoms with van der Waals surface area (Å²) in [5.74, 6) is -1.79. The molecule has 6 nitrogen and oxygen atoms in total. The van der Waals surface area contributed by atoms with Crippen LogP contribution in [0.1, 0.15) is 45.4 Å². The number of amides is 2. The van der Waals surface area contributed by atoms with Gasteiger partial charge < -0.3 is 15.7 Å². The maximum atomic E-state index is 12.1. The van der Waals surface area contributed by atoms with Crippen LogP contribution in [0.2, 0.25) is 0 Å². The minimum Gasteiger partial charge on any atom is -0.481 e. The summed E-state index contributed by atoms with van der Waals surface area (Å²) in [6, 6.07) is 0. The Hall–Kier alpha value is -1.59. The van der Waals surface area contributed by atoms with E-state index in [0.717, 1.165) is 19.3 Å². The van der Waals surface area contributed by atoms with Gasteiger partial charge in [0.15, 0.2) is 0 Å². The third-order valence-electron chi connectivity index (χ3n) is 3.84. The van der Waals surface area contributed by atoms with E-state index < -0.39 is 17.3 Å². The average Bonchev–Trinajstić information content (AvgIpc) is 2.36. The fourth-order valence-corrected chi connectivity index (χ4v) is 2.66. The number of likely N-dealkylation sites (N-methyl/N-ethyl adjacent to an activating group) is 1. The number of carboxylic acids is 1. The van der Waals surface area contributed by atoms with Gasteiger partial charge in [0.2, 0.25) is 11.8 Å². The van der Waals surface area contributed by atoms with Crippen molar-refractivity contribution in [1.82, 2.24) is 4.90 Å². The number of nitrogens with two attached hydrogens (primary N) is 1. The summed E-state index contributed by atoms with van der Waals surface area (Å²) in [5, 5.41) is 9.41. The molecule has 1 rings (SSSR count). The maximum absolute atomic E-state index is 12.1. The van der Waals surface area contributed by atoms with E-state index in [1.54, 1.807) is 6.92 Å². The molecule has 6 heteroatoms. The number of hydrogen-bond acceptors (Lipinski definition) is 3. The normalized spacial score (nSPS) is 17.7. The summed E-state index contributed by atoms with van der Waals surface area (Å²) in [7, 11) is 0. The van der Waals surface area contributed by atoms with Gasteiger partial charge in [0.1, 0.15) is 0 Å². The lowest BCUT2D eigenvalue weighted by atomic mass is 9.71. The van der Waals surface area contributed by atoms with Crippen LogP contribution in [0.4, 0.5) is 0 Å². The third kappa shape index (κ3) is 3.94. The smallest absolute Gasteiger partial charge is 0.310 e. The lowest BCUT2D eigenvalue weighted by Crippen LogP contribution is -2.43. The molecule has 0 aliphatic heterocycles. The van der Waals surface area contributed by atoms with Crippen molar-refractivity contribution in [3.63, 3.8) is 0 Å². The Bertz CT molecular complexity index is 362. The summed E-state index contributed by atoms with van der Waals surface area (Å²) in [5.41, 5.74) is 4.13. The highest BCUT2D eigenvalue weighted by atomic mass is 16.4. The number of rotatable bonds is 6. The lowest BCUT2D eigenvalue weighted by Gasteiger charge is -2.34. The highest BCUT2D eigenvalue weighted by Crippen LogP contribution is 2.40. The molecule has 0 aromatic heterocycles. The number of carboxylic acid groups (broad SMARTS) is 1. The van der Waals surface area contributed by atoms with Crippen LogP contribution >= 0.6 is 0 Å². The van der Waals surface area contributed by atoms with Crippen LogP contribution in [0.25, 0.3) is 0 Å². The van der Waals surface area contributed by atoms with E-state index in [2.05, 4.69) is 0 Å². The first-order valence-corrected chi connectivity index (χ1v) is 6.71. The number of nitrogens with zero attached hydrogens (tertiary/aromatic N) is 1. The molecule has 0 heterocycles. The fraction of sp³-hybridized carbons (Fsp3) is 0.769. The highest BCUT2D eigenvalue weighted by Gasteiger charge is 2.42. The quantitative estimate of drug-likeness (QED) is 0.743. The molecule has 0 radical (unpaired) electrons. The van der Waals surface area contributed by atoms with Crippen LogP contribution in [0, 0.1) is 5.41 Å². The molecule has 0 atom stereocenters. The first-order valence-electron chi connectivity index (χ1n) is 6.71. The van der Waals surface area contributed by atoms with E-state index in [-0.39, 0.29) is 18.9 Å². The van der Waals surface area contributed by atoms with Crippen molar-refractivity contribution in [3.8, 4) is 0 Å². The second-order valence-corrected chi connectivity index (χ2v) is 5.20. The lowest BCUT2D eigenvalue weighted by molar-refractivity contribution is -0.156. The molecule has 0 spiro atoms. The SMILES string of the molecule is CCN(CC(N)=O)C(=O)CC1(C(=O)O)CCCCC1. The summed E-state index contributed by atoms with van der Waals surface area (Å²) in [4.78, 5) is 35.8. The van der Waals surface area contributed by atoms with Gasteiger partial charge in [-0.15, -0.1) is 0 Å². The monoisotopic (exact) mass is 270 g/mol. The number of carbonyl (C=O) groups is 3. The fourth-order valence-electron chi connectivity index (χ4n) is 2.66. The van der Waals surface area contributed by atoms with Crippen LogP contribution in [-0.2, 0) is 14.4 Å². The van der Waals surface area contributed by atoms with Gasteiger partial charge in [-0.05, 0) is 19.8 Å². The first-order chi connectivity index (χ1) is 8.91. The molecule has 0 unspecified atom stereocenters. The van der Waals surface area contributed by atoms with Gasteiger partial charge in [0.05, 0.1) is 12.0 Å². The number of primary amides is 1. The maximum Gasteiger partial charge on any atom is 0.310 e. The zero-order valence-electron chi connectivity index (χ0n) is 11.4. The molecular formula is C13H22N2O4. The zero-order chi connectivity index (χ0) is 14.5. The van der Waals surface area contributed by atoms with Crippen LogP contribution in [0.15, 0.2) is 0 Å². The van der Waals surface area contributed by atoms with Gasteiger partial charge in [0, 0.05) is 13.0 Å². The molecule has 108 valence electrons. The molecule has 0 bridgehead atoms. The average molecular weight is 270 g/mol.